The zero-order valence-corrected chi connectivity index (χ0v) is 46.2. The summed E-state index contributed by atoms with van der Waals surface area (Å²) in [6.45, 7) is 1.14. The molecule has 246 valence electrons. The molecule has 0 radical (unpaired) electrons. The molecular formula is C42H26K4O4S4. The molecule has 0 aliphatic heterocycles. The van der Waals surface area contributed by atoms with E-state index in [1.54, 1.807) is 0 Å². The fourth-order valence-electron chi connectivity index (χ4n) is 4.75. The topological polar surface area (TPSA) is 36.9 Å². The largest absolute Gasteiger partial charge is 1.00 e. The van der Waals surface area contributed by atoms with Gasteiger partial charge in [-0.1, -0.05) is 23.7 Å². The summed E-state index contributed by atoms with van der Waals surface area (Å²) < 4.78 is 25.0. The molecule has 5 aromatic rings. The van der Waals surface area contributed by atoms with Crippen LogP contribution in [0.4, 0.5) is 0 Å². The van der Waals surface area contributed by atoms with Crippen molar-refractivity contribution in [3.8, 4) is 67.7 Å². The first-order valence-corrected chi connectivity index (χ1v) is 16.8. The van der Waals surface area contributed by atoms with Gasteiger partial charge in [0.25, 0.3) is 0 Å². The molecule has 0 fully saturated rings. The third kappa shape index (κ3) is 18.1. The van der Waals surface area contributed by atoms with Crippen LogP contribution in [0.3, 0.4) is 0 Å². The Morgan fingerprint density at radius 1 is 0.315 bits per heavy atom. The van der Waals surface area contributed by atoms with Crippen molar-refractivity contribution in [2.24, 2.45) is 0 Å². The van der Waals surface area contributed by atoms with Gasteiger partial charge in [-0.2, -0.15) is 0 Å². The summed E-state index contributed by atoms with van der Waals surface area (Å²) in [4.78, 5) is 0. The number of ether oxygens (including phenoxy) is 4. The molecule has 54 heavy (non-hydrogen) atoms. The summed E-state index contributed by atoms with van der Waals surface area (Å²) in [5, 5.41) is 10.0. The Balaban J connectivity index is 0.00000364. The van der Waals surface area contributed by atoms with Gasteiger partial charge in [0.05, 0.1) is 0 Å². The summed E-state index contributed by atoms with van der Waals surface area (Å²) in [6, 6.07) is 34.1. The van der Waals surface area contributed by atoms with Crippen LogP contribution < -0.4 is 224 Å². The Hall–Kier alpha value is 0.965. The van der Waals surface area contributed by atoms with Crippen molar-refractivity contribution in [2.75, 3.05) is 0 Å². The van der Waals surface area contributed by atoms with Crippen LogP contribution in [0.5, 0.6) is 23.0 Å². The van der Waals surface area contributed by atoms with E-state index >= 15 is 0 Å². The molecule has 0 aliphatic rings. The quantitative estimate of drug-likeness (QED) is 0.0707. The van der Waals surface area contributed by atoms with Crippen molar-refractivity contribution >= 4 is 50.5 Å². The Bertz CT molecular complexity index is 1860. The van der Waals surface area contributed by atoms with E-state index in [-0.39, 0.29) is 232 Å². The molecule has 12 heteroatoms. The zero-order valence-electron chi connectivity index (χ0n) is 30.5. The Morgan fingerprint density at radius 3 is 0.667 bits per heavy atom. The fraction of sp³-hybridized carbons (Fsp3) is 0.0952. The van der Waals surface area contributed by atoms with Gasteiger partial charge in [-0.15, -0.1) is 0 Å². The van der Waals surface area contributed by atoms with Gasteiger partial charge in [-0.25, -0.2) is 21.0 Å². The molecule has 0 atom stereocenters. The maximum Gasteiger partial charge on any atom is 1.00 e. The summed E-state index contributed by atoms with van der Waals surface area (Å²) in [5.41, 5.74) is 7.00. The summed E-state index contributed by atoms with van der Waals surface area (Å²) in [7, 11) is 0. The van der Waals surface area contributed by atoms with Crippen LogP contribution in [-0.2, 0) is 76.9 Å². The average Bonchev–Trinajstić information content (AvgIpc) is 3.14. The van der Waals surface area contributed by atoms with Gasteiger partial charge in [-0.3, -0.25) is 0 Å². The minimum absolute atomic E-state index is 0. The third-order valence-corrected chi connectivity index (χ3v) is 7.71. The Kier molecular flexibility index (Phi) is 29.5. The maximum atomic E-state index is 6.25. The molecule has 0 aromatic heterocycles. The predicted molar refractivity (Wildman–Crippen MR) is 207 cm³/mol. The Labute approximate surface area is 511 Å². The van der Waals surface area contributed by atoms with Crippen molar-refractivity contribution in [3.63, 3.8) is 0 Å². The molecule has 5 rings (SSSR count). The van der Waals surface area contributed by atoms with Crippen LogP contribution in [0, 0.1) is 44.7 Å². The number of rotatable bonds is 12. The first kappa shape index (κ1) is 53.0. The summed E-state index contributed by atoms with van der Waals surface area (Å²) in [5.74, 6) is 14.3. The molecule has 0 heterocycles. The van der Waals surface area contributed by atoms with E-state index in [0.717, 1.165) is 44.5 Å². The third-order valence-electron chi connectivity index (χ3n) is 7.30. The van der Waals surface area contributed by atoms with Gasteiger partial charge in [0.2, 0.25) is 0 Å². The standard InChI is InChI=1S/C42H30O4S4.4K/c47-21-17-31-1-9-39(10-2-31)43-27-35-25-37(29-45-41-13-5-33(6-14-41)19-23-49)38(30-46-42-15-7-34(8-16-42)20-24-50)26-36(35)28-44-40-11-3-32(4-12-40)18-22-48;;;;/h1-16,25-26,47-50H,27-30H2;;;;/q;4*+1/p-4. The predicted octanol–water partition coefficient (Wildman–Crippen LogP) is -4.56. The van der Waals surface area contributed by atoms with Gasteiger partial charge in [-0.05, 0) is 131 Å². The summed E-state index contributed by atoms with van der Waals surface area (Å²) in [6.07, 6.45) is 0. The summed E-state index contributed by atoms with van der Waals surface area (Å²) >= 11 is 19.1. The second kappa shape index (κ2) is 30.1. The van der Waals surface area contributed by atoms with Gasteiger partial charge in [0.15, 0.2) is 0 Å². The molecule has 0 amide bonds. The Morgan fingerprint density at radius 2 is 0.500 bits per heavy atom. The maximum absolute atomic E-state index is 6.25. The van der Waals surface area contributed by atoms with Crippen LogP contribution in [0.2, 0.25) is 0 Å². The van der Waals surface area contributed by atoms with Gasteiger partial charge >= 0.3 is 206 Å². The van der Waals surface area contributed by atoms with Crippen molar-refractivity contribution in [3.05, 3.63) is 154 Å². The monoisotopic (exact) mass is 878 g/mol. The molecule has 0 bridgehead atoms. The van der Waals surface area contributed by atoms with E-state index in [0.29, 0.717) is 23.0 Å². The van der Waals surface area contributed by atoms with Crippen LogP contribution in [0.15, 0.2) is 109 Å². The van der Waals surface area contributed by atoms with Gasteiger partial charge < -0.3 is 69.5 Å². The van der Waals surface area contributed by atoms with E-state index < -0.39 is 0 Å². The van der Waals surface area contributed by atoms with E-state index in [1.807, 2.05) is 97.1 Å². The van der Waals surface area contributed by atoms with Crippen molar-refractivity contribution in [1.82, 2.24) is 0 Å². The van der Waals surface area contributed by atoms with Crippen LogP contribution in [-0.4, -0.2) is 0 Å². The molecule has 0 saturated heterocycles. The molecule has 0 N–H and O–H groups in total. The zero-order chi connectivity index (χ0) is 35.0. The molecule has 5 aromatic carbocycles. The molecule has 0 unspecified atom stereocenters. The first-order chi connectivity index (χ1) is 24.6. The number of hydrogen-bond donors (Lipinski definition) is 0. The fourth-order valence-corrected chi connectivity index (χ4v) is 5.22. The van der Waals surface area contributed by atoms with Crippen molar-refractivity contribution in [2.45, 2.75) is 26.4 Å². The van der Waals surface area contributed by atoms with E-state index in [9.17, 15) is 0 Å². The minimum Gasteiger partial charge on any atom is -0.724 e. The van der Waals surface area contributed by atoms with E-state index in [1.165, 1.54) is 0 Å². The molecule has 4 nitrogen and oxygen atoms in total. The number of benzene rings is 5. The molecule has 0 saturated carbocycles. The smallest absolute Gasteiger partial charge is 0.724 e. The second-order valence-corrected chi connectivity index (χ2v) is 11.4. The first-order valence-electron chi connectivity index (χ1n) is 15.1. The van der Waals surface area contributed by atoms with Crippen LogP contribution in [0.1, 0.15) is 44.5 Å². The van der Waals surface area contributed by atoms with Gasteiger partial charge in [0, 0.05) is 22.3 Å². The van der Waals surface area contributed by atoms with E-state index in [2.05, 4.69) is 56.8 Å². The number of hydrogen-bond acceptors (Lipinski definition) is 8. The molecule has 0 spiro atoms. The van der Waals surface area contributed by atoms with E-state index in [4.69, 9.17) is 69.5 Å². The minimum atomic E-state index is 0. The van der Waals surface area contributed by atoms with Crippen molar-refractivity contribution < 1.29 is 224 Å². The average molecular weight is 879 g/mol. The second-order valence-electron chi connectivity index (χ2n) is 10.6. The van der Waals surface area contributed by atoms with Crippen molar-refractivity contribution in [1.29, 1.82) is 0 Å². The SMILES string of the molecule is [K+].[K+].[K+].[K+].[S-]C#Cc1ccc(OCc2cc(COc3ccc(C#C[S-])cc3)c(COc3ccc(C#C[S-])cc3)cc2COc2ccc(C#C[S-])cc2)cc1. The molecular weight excluding hydrogens is 853 g/mol. The van der Waals surface area contributed by atoms with Crippen LogP contribution >= 0.6 is 0 Å². The van der Waals surface area contributed by atoms with Gasteiger partial charge in [0.1, 0.15) is 49.4 Å². The molecule has 0 aliphatic carbocycles. The normalized spacial score (nSPS) is 8.89. The van der Waals surface area contributed by atoms with Crippen LogP contribution in [0.25, 0.3) is 0 Å².